The van der Waals surface area contributed by atoms with Gasteiger partial charge < -0.3 is 5.32 Å². The Bertz CT molecular complexity index is 672. The van der Waals surface area contributed by atoms with E-state index in [4.69, 9.17) is 11.6 Å². The van der Waals surface area contributed by atoms with Gasteiger partial charge in [0.25, 0.3) is 0 Å². The van der Waals surface area contributed by atoms with E-state index in [0.717, 1.165) is 36.6 Å². The van der Waals surface area contributed by atoms with Crippen molar-refractivity contribution < 1.29 is 0 Å². The van der Waals surface area contributed by atoms with Gasteiger partial charge in [0, 0.05) is 16.3 Å². The van der Waals surface area contributed by atoms with Gasteiger partial charge in [0.05, 0.1) is 10.7 Å². The van der Waals surface area contributed by atoms with Crippen molar-refractivity contribution in [3.63, 3.8) is 0 Å². The van der Waals surface area contributed by atoms with Crippen LogP contribution in [0, 0.1) is 6.92 Å². The van der Waals surface area contributed by atoms with Gasteiger partial charge in [-0.3, -0.25) is 4.98 Å². The van der Waals surface area contributed by atoms with Crippen molar-refractivity contribution in [1.82, 2.24) is 10.3 Å². The maximum atomic E-state index is 6.52. The van der Waals surface area contributed by atoms with Crippen LogP contribution in [0.2, 0.25) is 5.02 Å². The molecule has 4 heteroatoms. The molecule has 1 aromatic heterocycles. The summed E-state index contributed by atoms with van der Waals surface area (Å²) >= 11 is 8.36. The van der Waals surface area contributed by atoms with Gasteiger partial charge in [-0.2, -0.15) is 0 Å². The Morgan fingerprint density at radius 3 is 2.86 bits per heavy atom. The normalized spacial score (nSPS) is 16.0. The predicted molar refractivity (Wildman–Crippen MR) is 95.0 cm³/mol. The molecule has 0 fully saturated rings. The summed E-state index contributed by atoms with van der Waals surface area (Å²) in [5.41, 5.74) is 5.24. The van der Waals surface area contributed by atoms with E-state index in [9.17, 15) is 0 Å². The van der Waals surface area contributed by atoms with Crippen molar-refractivity contribution in [3.05, 3.63) is 57.9 Å². The minimum Gasteiger partial charge on any atom is -0.316 e. The van der Waals surface area contributed by atoms with E-state index >= 15 is 0 Å². The molecule has 3 rings (SSSR count). The lowest BCUT2D eigenvalue weighted by atomic mass is 10.0. The first-order valence-electron chi connectivity index (χ1n) is 7.76. The number of fused-ring (bicyclic) bond motifs is 1. The zero-order valence-corrected chi connectivity index (χ0v) is 14.6. The van der Waals surface area contributed by atoms with Gasteiger partial charge in [-0.25, -0.2) is 0 Å². The van der Waals surface area contributed by atoms with Gasteiger partial charge in [-0.1, -0.05) is 23.7 Å². The molecule has 116 valence electrons. The number of aromatic nitrogens is 1. The molecule has 0 bridgehead atoms. The zero-order chi connectivity index (χ0) is 15.5. The SMILES string of the molecule is Cc1cccnc1C(C)Sc1c(Cl)ccc2c1CCNCC2. The number of hydrogen-bond donors (Lipinski definition) is 1. The highest BCUT2D eigenvalue weighted by atomic mass is 35.5. The third kappa shape index (κ3) is 3.32. The van der Waals surface area contributed by atoms with E-state index in [0.29, 0.717) is 5.25 Å². The molecule has 0 saturated heterocycles. The van der Waals surface area contributed by atoms with Gasteiger partial charge >= 0.3 is 0 Å². The molecular formula is C18H21ClN2S. The van der Waals surface area contributed by atoms with Crippen molar-refractivity contribution in [2.45, 2.75) is 36.8 Å². The molecule has 1 atom stereocenters. The van der Waals surface area contributed by atoms with Crippen molar-refractivity contribution in [3.8, 4) is 0 Å². The van der Waals surface area contributed by atoms with Crippen LogP contribution in [0.5, 0.6) is 0 Å². The number of halogens is 1. The molecule has 1 aliphatic rings. The van der Waals surface area contributed by atoms with Gasteiger partial charge in [-0.05, 0) is 68.6 Å². The smallest absolute Gasteiger partial charge is 0.0563 e. The molecule has 0 radical (unpaired) electrons. The first-order valence-corrected chi connectivity index (χ1v) is 9.01. The predicted octanol–water partition coefficient (Wildman–Crippen LogP) is 4.58. The second-order valence-corrected chi connectivity index (χ2v) is 7.49. The minimum absolute atomic E-state index is 0.293. The van der Waals surface area contributed by atoms with Gasteiger partial charge in [0.2, 0.25) is 0 Å². The second-order valence-electron chi connectivity index (χ2n) is 5.73. The van der Waals surface area contributed by atoms with Crippen LogP contribution < -0.4 is 5.32 Å². The van der Waals surface area contributed by atoms with Crippen LogP contribution in [0.3, 0.4) is 0 Å². The highest BCUT2D eigenvalue weighted by Crippen LogP contribution is 2.42. The Balaban J connectivity index is 1.93. The number of aryl methyl sites for hydroxylation is 1. The third-order valence-corrected chi connectivity index (χ3v) is 5.87. The van der Waals surface area contributed by atoms with E-state index in [1.54, 1.807) is 0 Å². The molecule has 0 amide bonds. The number of nitrogens with one attached hydrogen (secondary N) is 1. The highest BCUT2D eigenvalue weighted by molar-refractivity contribution is 7.99. The van der Waals surface area contributed by atoms with Gasteiger partial charge in [-0.15, -0.1) is 11.8 Å². The topological polar surface area (TPSA) is 24.9 Å². The molecule has 2 nitrogen and oxygen atoms in total. The maximum Gasteiger partial charge on any atom is 0.0563 e. The van der Waals surface area contributed by atoms with E-state index in [2.05, 4.69) is 36.3 Å². The minimum atomic E-state index is 0.293. The van der Waals surface area contributed by atoms with Crippen molar-refractivity contribution in [2.75, 3.05) is 13.1 Å². The molecule has 1 aromatic carbocycles. The lowest BCUT2D eigenvalue weighted by molar-refractivity contribution is 0.709. The summed E-state index contributed by atoms with van der Waals surface area (Å²) in [5.74, 6) is 0. The van der Waals surface area contributed by atoms with Crippen molar-refractivity contribution in [2.24, 2.45) is 0 Å². The Hall–Kier alpha value is -1.03. The Morgan fingerprint density at radius 2 is 2.05 bits per heavy atom. The lowest BCUT2D eigenvalue weighted by Crippen LogP contribution is -2.16. The quantitative estimate of drug-likeness (QED) is 0.832. The molecule has 0 aliphatic carbocycles. The lowest BCUT2D eigenvalue weighted by Gasteiger charge is -2.18. The Labute approximate surface area is 141 Å². The zero-order valence-electron chi connectivity index (χ0n) is 13.0. The number of benzene rings is 1. The van der Waals surface area contributed by atoms with E-state index in [1.165, 1.54) is 21.6 Å². The molecule has 0 saturated carbocycles. The Morgan fingerprint density at radius 1 is 1.23 bits per heavy atom. The molecule has 1 unspecified atom stereocenters. The summed E-state index contributed by atoms with van der Waals surface area (Å²) in [6.07, 6.45) is 4.00. The number of nitrogens with zero attached hydrogens (tertiary/aromatic N) is 1. The van der Waals surface area contributed by atoms with Crippen molar-refractivity contribution >= 4 is 23.4 Å². The van der Waals surface area contributed by atoms with Crippen LogP contribution in [0.15, 0.2) is 35.4 Å². The summed E-state index contributed by atoms with van der Waals surface area (Å²) < 4.78 is 0. The average molecular weight is 333 g/mol. The fraction of sp³-hybridized carbons (Fsp3) is 0.389. The van der Waals surface area contributed by atoms with Crippen molar-refractivity contribution in [1.29, 1.82) is 0 Å². The fourth-order valence-electron chi connectivity index (χ4n) is 2.99. The summed E-state index contributed by atoms with van der Waals surface area (Å²) in [6, 6.07) is 8.34. The second kappa shape index (κ2) is 7.03. The maximum absolute atomic E-state index is 6.52. The summed E-state index contributed by atoms with van der Waals surface area (Å²) in [6.45, 7) is 6.41. The summed E-state index contributed by atoms with van der Waals surface area (Å²) in [5, 5.41) is 4.63. The van der Waals surface area contributed by atoms with Crippen LogP contribution in [-0.4, -0.2) is 18.1 Å². The van der Waals surface area contributed by atoms with Crippen LogP contribution in [-0.2, 0) is 12.8 Å². The number of hydrogen-bond acceptors (Lipinski definition) is 3. The summed E-state index contributed by atoms with van der Waals surface area (Å²) in [4.78, 5) is 5.79. The van der Waals surface area contributed by atoms with Crippen LogP contribution in [0.1, 0.15) is 34.6 Å². The van der Waals surface area contributed by atoms with Crippen LogP contribution >= 0.6 is 23.4 Å². The summed E-state index contributed by atoms with van der Waals surface area (Å²) in [7, 11) is 0. The number of thioether (sulfide) groups is 1. The Kier molecular flexibility index (Phi) is 5.07. The molecule has 1 N–H and O–H groups in total. The first kappa shape index (κ1) is 15.9. The number of rotatable bonds is 3. The van der Waals surface area contributed by atoms with E-state index < -0.39 is 0 Å². The average Bonchev–Trinajstić information content (AvgIpc) is 2.76. The molecule has 1 aliphatic heterocycles. The van der Waals surface area contributed by atoms with Crippen LogP contribution in [0.4, 0.5) is 0 Å². The molecule has 22 heavy (non-hydrogen) atoms. The molecule has 2 heterocycles. The monoisotopic (exact) mass is 332 g/mol. The van der Waals surface area contributed by atoms with Gasteiger partial charge in [0.15, 0.2) is 0 Å². The molecule has 2 aromatic rings. The number of pyridine rings is 1. The largest absolute Gasteiger partial charge is 0.316 e. The standard InChI is InChI=1S/C18H21ClN2S/c1-12-4-3-9-21-17(12)13(2)22-18-15-8-11-20-10-7-14(15)5-6-16(18)19/h3-6,9,13,20H,7-8,10-11H2,1-2H3. The molecular weight excluding hydrogens is 312 g/mol. The van der Waals surface area contributed by atoms with E-state index in [-0.39, 0.29) is 0 Å². The third-order valence-electron chi connectivity index (χ3n) is 4.16. The van der Waals surface area contributed by atoms with Crippen LogP contribution in [0.25, 0.3) is 0 Å². The highest BCUT2D eigenvalue weighted by Gasteiger charge is 2.19. The molecule has 0 spiro atoms. The van der Waals surface area contributed by atoms with E-state index in [1.807, 2.05) is 30.1 Å². The van der Waals surface area contributed by atoms with Gasteiger partial charge in [0.1, 0.15) is 0 Å². The first-order chi connectivity index (χ1) is 10.7. The fourth-order valence-corrected chi connectivity index (χ4v) is 4.57.